The molecule has 2 heterocycles. The van der Waals surface area contributed by atoms with Crippen LogP contribution in [-0.4, -0.2) is 22.5 Å². The SMILES string of the molecule is O=C1OC(c2ccccc2)CN1Cc1ccc(CNCc2ccccn2)cc1. The van der Waals surface area contributed by atoms with Gasteiger partial charge in [0.2, 0.25) is 0 Å². The lowest BCUT2D eigenvalue weighted by molar-refractivity contribution is 0.132. The fourth-order valence-corrected chi connectivity index (χ4v) is 3.30. The molecule has 5 heteroatoms. The van der Waals surface area contributed by atoms with Crippen molar-refractivity contribution in [3.05, 3.63) is 101 Å². The monoisotopic (exact) mass is 373 g/mol. The van der Waals surface area contributed by atoms with E-state index in [0.29, 0.717) is 13.1 Å². The molecule has 3 aromatic rings. The highest BCUT2D eigenvalue weighted by molar-refractivity contribution is 5.70. The molecule has 1 aliphatic heterocycles. The Labute approximate surface area is 165 Å². The number of carbonyl (C=O) groups excluding carboxylic acids is 1. The van der Waals surface area contributed by atoms with Gasteiger partial charge in [-0.2, -0.15) is 0 Å². The first kappa shape index (κ1) is 18.2. The van der Waals surface area contributed by atoms with Crippen molar-refractivity contribution in [3.8, 4) is 0 Å². The summed E-state index contributed by atoms with van der Waals surface area (Å²) in [7, 11) is 0. The normalized spacial score (nSPS) is 16.2. The van der Waals surface area contributed by atoms with Crippen molar-refractivity contribution >= 4 is 6.09 Å². The molecule has 1 saturated heterocycles. The zero-order chi connectivity index (χ0) is 19.2. The lowest BCUT2D eigenvalue weighted by Crippen LogP contribution is -2.23. The maximum absolute atomic E-state index is 12.2. The van der Waals surface area contributed by atoms with Crippen LogP contribution in [0.2, 0.25) is 0 Å². The summed E-state index contributed by atoms with van der Waals surface area (Å²) in [5.74, 6) is 0. The van der Waals surface area contributed by atoms with E-state index in [4.69, 9.17) is 4.74 Å². The fraction of sp³-hybridized carbons (Fsp3) is 0.217. The molecule has 5 nitrogen and oxygen atoms in total. The second-order valence-electron chi connectivity index (χ2n) is 6.90. The first-order valence-corrected chi connectivity index (χ1v) is 9.47. The van der Waals surface area contributed by atoms with Crippen molar-refractivity contribution in [2.45, 2.75) is 25.7 Å². The van der Waals surface area contributed by atoms with Crippen LogP contribution in [0, 0.1) is 0 Å². The molecule has 0 bridgehead atoms. The highest BCUT2D eigenvalue weighted by Crippen LogP contribution is 2.27. The maximum atomic E-state index is 12.2. The van der Waals surface area contributed by atoms with Gasteiger partial charge in [0.15, 0.2) is 0 Å². The second-order valence-corrected chi connectivity index (χ2v) is 6.90. The largest absolute Gasteiger partial charge is 0.439 e. The van der Waals surface area contributed by atoms with Crippen LogP contribution in [-0.2, 0) is 24.4 Å². The van der Waals surface area contributed by atoms with E-state index in [1.54, 1.807) is 11.1 Å². The Bertz CT molecular complexity index is 898. The lowest BCUT2D eigenvalue weighted by Gasteiger charge is -2.13. The number of cyclic esters (lactones) is 1. The number of nitrogens with one attached hydrogen (secondary N) is 1. The number of hydrogen-bond donors (Lipinski definition) is 1. The first-order chi connectivity index (χ1) is 13.8. The van der Waals surface area contributed by atoms with E-state index in [9.17, 15) is 4.79 Å². The van der Waals surface area contributed by atoms with Crippen molar-refractivity contribution in [1.29, 1.82) is 0 Å². The molecule has 1 N–H and O–H groups in total. The molecule has 1 atom stereocenters. The second kappa shape index (κ2) is 8.67. The molecule has 2 aromatic carbocycles. The molecule has 0 aliphatic carbocycles. The van der Waals surface area contributed by atoms with Crippen molar-refractivity contribution in [1.82, 2.24) is 15.2 Å². The predicted octanol–water partition coefficient (Wildman–Crippen LogP) is 4.06. The molecule has 1 amide bonds. The minimum atomic E-state index is -0.255. The Morgan fingerprint density at radius 1 is 0.929 bits per heavy atom. The molecule has 0 radical (unpaired) electrons. The van der Waals surface area contributed by atoms with E-state index in [2.05, 4.69) is 34.6 Å². The van der Waals surface area contributed by atoms with Gasteiger partial charge in [-0.15, -0.1) is 0 Å². The van der Waals surface area contributed by atoms with Gasteiger partial charge in [-0.05, 0) is 28.8 Å². The first-order valence-electron chi connectivity index (χ1n) is 9.47. The number of ether oxygens (including phenoxy) is 1. The van der Waals surface area contributed by atoms with Gasteiger partial charge < -0.3 is 10.1 Å². The number of benzene rings is 2. The van der Waals surface area contributed by atoms with Gasteiger partial charge in [-0.1, -0.05) is 60.7 Å². The van der Waals surface area contributed by atoms with E-state index < -0.39 is 0 Å². The summed E-state index contributed by atoms with van der Waals surface area (Å²) < 4.78 is 5.52. The third-order valence-corrected chi connectivity index (χ3v) is 4.82. The summed E-state index contributed by atoms with van der Waals surface area (Å²) >= 11 is 0. The van der Waals surface area contributed by atoms with Crippen LogP contribution in [0.3, 0.4) is 0 Å². The van der Waals surface area contributed by atoms with Crippen LogP contribution in [0.5, 0.6) is 0 Å². The Morgan fingerprint density at radius 3 is 2.43 bits per heavy atom. The molecule has 142 valence electrons. The average Bonchev–Trinajstić information content (AvgIpc) is 3.11. The van der Waals surface area contributed by atoms with E-state index in [1.807, 2.05) is 48.5 Å². The zero-order valence-corrected chi connectivity index (χ0v) is 15.6. The summed E-state index contributed by atoms with van der Waals surface area (Å²) in [6.07, 6.45) is 1.36. The molecule has 0 saturated carbocycles. The minimum absolute atomic E-state index is 0.191. The lowest BCUT2D eigenvalue weighted by atomic mass is 10.1. The van der Waals surface area contributed by atoms with Crippen molar-refractivity contribution in [2.75, 3.05) is 6.54 Å². The summed E-state index contributed by atoms with van der Waals surface area (Å²) in [4.78, 5) is 18.3. The quantitative estimate of drug-likeness (QED) is 0.678. The molecule has 1 fully saturated rings. The van der Waals surface area contributed by atoms with E-state index >= 15 is 0 Å². The number of nitrogens with zero attached hydrogens (tertiary/aromatic N) is 2. The third-order valence-electron chi connectivity index (χ3n) is 4.82. The summed E-state index contributed by atoms with van der Waals surface area (Å²) in [6, 6.07) is 24.1. The molecule has 28 heavy (non-hydrogen) atoms. The predicted molar refractivity (Wildman–Crippen MR) is 107 cm³/mol. The van der Waals surface area contributed by atoms with E-state index in [0.717, 1.165) is 29.9 Å². The number of aromatic nitrogens is 1. The third kappa shape index (κ3) is 4.56. The van der Waals surface area contributed by atoms with Crippen molar-refractivity contribution in [2.24, 2.45) is 0 Å². The smallest absolute Gasteiger partial charge is 0.410 e. The topological polar surface area (TPSA) is 54.5 Å². The summed E-state index contributed by atoms with van der Waals surface area (Å²) in [5.41, 5.74) is 4.36. The van der Waals surface area contributed by atoms with Crippen LogP contribution < -0.4 is 5.32 Å². The van der Waals surface area contributed by atoms with Crippen molar-refractivity contribution < 1.29 is 9.53 Å². The number of hydrogen-bond acceptors (Lipinski definition) is 4. The standard InChI is InChI=1S/C23H23N3O2/c27-23-26(17-22(28-23)20-6-2-1-3-7-20)16-19-11-9-18(10-12-19)14-24-15-21-8-4-5-13-25-21/h1-13,22,24H,14-17H2. The Morgan fingerprint density at radius 2 is 1.68 bits per heavy atom. The molecular formula is C23H23N3O2. The van der Waals surface area contributed by atoms with Gasteiger partial charge in [0.05, 0.1) is 12.2 Å². The Balaban J connectivity index is 1.29. The van der Waals surface area contributed by atoms with Gasteiger partial charge in [0.1, 0.15) is 6.10 Å². The van der Waals surface area contributed by atoms with Crippen LogP contribution >= 0.6 is 0 Å². The van der Waals surface area contributed by atoms with Gasteiger partial charge in [-0.3, -0.25) is 9.88 Å². The molecule has 1 aromatic heterocycles. The van der Waals surface area contributed by atoms with Crippen LogP contribution in [0.4, 0.5) is 4.79 Å². The van der Waals surface area contributed by atoms with Crippen molar-refractivity contribution in [3.63, 3.8) is 0 Å². The molecular weight excluding hydrogens is 350 g/mol. The highest BCUT2D eigenvalue weighted by Gasteiger charge is 2.32. The Hall–Kier alpha value is -3.18. The molecule has 1 aliphatic rings. The number of rotatable bonds is 7. The number of carbonyl (C=O) groups is 1. The Kier molecular flexibility index (Phi) is 5.64. The van der Waals surface area contributed by atoms with Crippen LogP contribution in [0.25, 0.3) is 0 Å². The molecule has 1 unspecified atom stereocenters. The van der Waals surface area contributed by atoms with E-state index in [1.165, 1.54) is 5.56 Å². The summed E-state index contributed by atoms with van der Waals surface area (Å²) in [5, 5.41) is 3.39. The number of pyridine rings is 1. The molecule has 4 rings (SSSR count). The van der Waals surface area contributed by atoms with Gasteiger partial charge in [-0.25, -0.2) is 4.79 Å². The van der Waals surface area contributed by atoms with Crippen LogP contribution in [0.15, 0.2) is 79.0 Å². The maximum Gasteiger partial charge on any atom is 0.410 e. The fourth-order valence-electron chi connectivity index (χ4n) is 3.30. The molecule has 0 spiro atoms. The number of amides is 1. The van der Waals surface area contributed by atoms with Gasteiger partial charge >= 0.3 is 6.09 Å². The zero-order valence-electron chi connectivity index (χ0n) is 15.6. The van der Waals surface area contributed by atoms with Gasteiger partial charge in [0.25, 0.3) is 0 Å². The minimum Gasteiger partial charge on any atom is -0.439 e. The highest BCUT2D eigenvalue weighted by atomic mass is 16.6. The summed E-state index contributed by atoms with van der Waals surface area (Å²) in [6.45, 7) is 2.65. The van der Waals surface area contributed by atoms with Gasteiger partial charge in [0, 0.05) is 25.8 Å². The average molecular weight is 373 g/mol. The van der Waals surface area contributed by atoms with E-state index in [-0.39, 0.29) is 12.2 Å². The van der Waals surface area contributed by atoms with Crippen LogP contribution in [0.1, 0.15) is 28.5 Å².